The van der Waals surface area contributed by atoms with Crippen LogP contribution in [0.4, 0.5) is 8.78 Å². The predicted molar refractivity (Wildman–Crippen MR) is 49.4 cm³/mol. The Kier molecular flexibility index (Phi) is 3.39. The normalized spacial score (nSPS) is 13.0. The largest absolute Gasteiger partial charge is 0.393 e. The number of aliphatic hydroxyl groups is 1. The molecule has 0 heterocycles. The molecular formula is C9H9BrF2O. The van der Waals surface area contributed by atoms with E-state index in [0.717, 1.165) is 0 Å². The summed E-state index contributed by atoms with van der Waals surface area (Å²) in [5, 5.41) is 9.01. The van der Waals surface area contributed by atoms with Crippen molar-refractivity contribution in [1.82, 2.24) is 0 Å². The maximum atomic E-state index is 13.2. The number of halogens is 3. The molecule has 0 radical (unpaired) electrons. The van der Waals surface area contributed by atoms with Gasteiger partial charge in [0.05, 0.1) is 10.6 Å². The molecule has 0 amide bonds. The lowest BCUT2D eigenvalue weighted by molar-refractivity contribution is 0.194. The predicted octanol–water partition coefficient (Wildman–Crippen LogP) is 2.65. The highest BCUT2D eigenvalue weighted by molar-refractivity contribution is 9.10. The van der Waals surface area contributed by atoms with E-state index in [1.165, 1.54) is 12.1 Å². The molecule has 0 aliphatic rings. The van der Waals surface area contributed by atoms with Crippen LogP contribution in [0.25, 0.3) is 0 Å². The van der Waals surface area contributed by atoms with Crippen molar-refractivity contribution in [2.45, 2.75) is 19.4 Å². The molecule has 0 spiro atoms. The highest BCUT2D eigenvalue weighted by Gasteiger charge is 2.12. The van der Waals surface area contributed by atoms with E-state index in [1.807, 2.05) is 0 Å². The Morgan fingerprint density at radius 2 is 2.08 bits per heavy atom. The van der Waals surface area contributed by atoms with Crippen molar-refractivity contribution < 1.29 is 13.9 Å². The van der Waals surface area contributed by atoms with Crippen molar-refractivity contribution in [2.75, 3.05) is 0 Å². The van der Waals surface area contributed by atoms with E-state index in [0.29, 0.717) is 5.56 Å². The Bertz CT molecular complexity index is 313. The molecule has 0 aliphatic carbocycles. The van der Waals surface area contributed by atoms with Gasteiger partial charge < -0.3 is 5.11 Å². The van der Waals surface area contributed by atoms with Gasteiger partial charge in [-0.3, -0.25) is 0 Å². The van der Waals surface area contributed by atoms with Gasteiger partial charge in [-0.1, -0.05) is 6.07 Å². The third-order valence-corrected chi connectivity index (χ3v) is 2.36. The molecule has 1 N–H and O–H groups in total. The van der Waals surface area contributed by atoms with Crippen molar-refractivity contribution in [3.05, 3.63) is 33.8 Å². The van der Waals surface area contributed by atoms with Crippen LogP contribution < -0.4 is 0 Å². The summed E-state index contributed by atoms with van der Waals surface area (Å²) < 4.78 is 25.8. The molecule has 0 aromatic heterocycles. The Balaban J connectivity index is 3.04. The lowest BCUT2D eigenvalue weighted by atomic mass is 10.1. The van der Waals surface area contributed by atoms with Crippen LogP contribution >= 0.6 is 15.9 Å². The molecule has 13 heavy (non-hydrogen) atoms. The molecule has 1 aromatic rings. The second kappa shape index (κ2) is 4.15. The fourth-order valence-electron chi connectivity index (χ4n) is 1.04. The first-order valence-corrected chi connectivity index (χ1v) is 4.62. The molecule has 0 saturated heterocycles. The topological polar surface area (TPSA) is 20.2 Å². The molecule has 4 heteroatoms. The van der Waals surface area contributed by atoms with Crippen molar-refractivity contribution >= 4 is 15.9 Å². The van der Waals surface area contributed by atoms with Crippen LogP contribution in [0.3, 0.4) is 0 Å². The van der Waals surface area contributed by atoms with Gasteiger partial charge in [0.1, 0.15) is 11.6 Å². The molecule has 1 rings (SSSR count). The summed E-state index contributed by atoms with van der Waals surface area (Å²) in [6, 6.07) is 2.51. The van der Waals surface area contributed by atoms with Crippen molar-refractivity contribution in [1.29, 1.82) is 0 Å². The summed E-state index contributed by atoms with van der Waals surface area (Å²) in [7, 11) is 0. The quantitative estimate of drug-likeness (QED) is 0.801. The smallest absolute Gasteiger partial charge is 0.143 e. The van der Waals surface area contributed by atoms with E-state index in [2.05, 4.69) is 15.9 Å². The monoisotopic (exact) mass is 250 g/mol. The molecule has 0 aliphatic heterocycles. The SMILES string of the molecule is C[C@H](O)Cc1ccc(F)c(Br)c1F. The van der Waals surface area contributed by atoms with Crippen molar-refractivity contribution in [2.24, 2.45) is 0 Å². The number of rotatable bonds is 2. The zero-order chi connectivity index (χ0) is 10.0. The van der Waals surface area contributed by atoms with Gasteiger partial charge in [0, 0.05) is 6.42 Å². The third kappa shape index (κ3) is 2.48. The molecule has 0 saturated carbocycles. The minimum atomic E-state index is -0.638. The summed E-state index contributed by atoms with van der Waals surface area (Å²) in [4.78, 5) is 0. The van der Waals surface area contributed by atoms with Gasteiger partial charge in [-0.25, -0.2) is 8.78 Å². The second-order valence-corrected chi connectivity index (χ2v) is 3.68. The van der Waals surface area contributed by atoms with Crippen LogP contribution in [-0.4, -0.2) is 11.2 Å². The van der Waals surface area contributed by atoms with Gasteiger partial charge >= 0.3 is 0 Å². The zero-order valence-corrected chi connectivity index (χ0v) is 8.61. The van der Waals surface area contributed by atoms with Crippen LogP contribution in [-0.2, 0) is 6.42 Å². The minimum absolute atomic E-state index is 0.175. The number of hydrogen-bond donors (Lipinski definition) is 1. The lowest BCUT2D eigenvalue weighted by Gasteiger charge is -2.07. The maximum Gasteiger partial charge on any atom is 0.143 e. The summed E-state index contributed by atoms with van der Waals surface area (Å²) in [5.41, 5.74) is 0.309. The summed E-state index contributed by atoms with van der Waals surface area (Å²) in [6.45, 7) is 1.55. The van der Waals surface area contributed by atoms with Crippen LogP contribution in [0.15, 0.2) is 16.6 Å². The van der Waals surface area contributed by atoms with Gasteiger partial charge in [0.15, 0.2) is 0 Å². The summed E-state index contributed by atoms with van der Waals surface area (Å²) in [5.74, 6) is -1.27. The zero-order valence-electron chi connectivity index (χ0n) is 7.02. The maximum absolute atomic E-state index is 13.2. The van der Waals surface area contributed by atoms with Crippen LogP contribution in [0, 0.1) is 11.6 Å². The Hall–Kier alpha value is -0.480. The molecule has 1 aromatic carbocycles. The van der Waals surface area contributed by atoms with E-state index in [4.69, 9.17) is 5.11 Å². The first kappa shape index (κ1) is 10.6. The van der Waals surface area contributed by atoms with Gasteiger partial charge in [-0.15, -0.1) is 0 Å². The molecule has 0 bridgehead atoms. The van der Waals surface area contributed by atoms with Crippen molar-refractivity contribution in [3.8, 4) is 0 Å². The third-order valence-electron chi connectivity index (χ3n) is 1.63. The van der Waals surface area contributed by atoms with Gasteiger partial charge in [-0.05, 0) is 34.5 Å². The lowest BCUT2D eigenvalue weighted by Crippen LogP contribution is -2.06. The molecule has 0 unspecified atom stereocenters. The standard InChI is InChI=1S/C9H9BrF2O/c1-5(13)4-6-2-3-7(11)8(10)9(6)12/h2-3,5,13H,4H2,1H3/t5-/m0/s1. The average molecular weight is 251 g/mol. The minimum Gasteiger partial charge on any atom is -0.393 e. The van der Waals surface area contributed by atoms with Crippen LogP contribution in [0.1, 0.15) is 12.5 Å². The molecule has 72 valence electrons. The first-order valence-electron chi connectivity index (χ1n) is 3.82. The van der Waals surface area contributed by atoms with E-state index < -0.39 is 17.7 Å². The van der Waals surface area contributed by atoms with E-state index >= 15 is 0 Å². The van der Waals surface area contributed by atoms with E-state index in [9.17, 15) is 8.78 Å². The highest BCUT2D eigenvalue weighted by atomic mass is 79.9. The first-order chi connectivity index (χ1) is 6.02. The summed E-state index contributed by atoms with van der Waals surface area (Å²) >= 11 is 2.79. The highest BCUT2D eigenvalue weighted by Crippen LogP contribution is 2.23. The van der Waals surface area contributed by atoms with E-state index in [-0.39, 0.29) is 10.9 Å². The second-order valence-electron chi connectivity index (χ2n) is 2.89. The van der Waals surface area contributed by atoms with Crippen molar-refractivity contribution in [3.63, 3.8) is 0 Å². The molecule has 1 atom stereocenters. The van der Waals surface area contributed by atoms with E-state index in [1.54, 1.807) is 6.92 Å². The Morgan fingerprint density at radius 1 is 1.46 bits per heavy atom. The average Bonchev–Trinajstić information content (AvgIpc) is 2.06. The number of aliphatic hydroxyl groups excluding tert-OH is 1. The number of benzene rings is 1. The Labute approximate surface area is 83.5 Å². The van der Waals surface area contributed by atoms with Gasteiger partial charge in [0.2, 0.25) is 0 Å². The van der Waals surface area contributed by atoms with Crippen LogP contribution in [0.5, 0.6) is 0 Å². The van der Waals surface area contributed by atoms with Crippen LogP contribution in [0.2, 0.25) is 0 Å². The molecule has 1 nitrogen and oxygen atoms in total. The summed E-state index contributed by atoms with van der Waals surface area (Å²) in [6.07, 6.45) is -0.447. The molecular weight excluding hydrogens is 242 g/mol. The van der Waals surface area contributed by atoms with Gasteiger partial charge in [0.25, 0.3) is 0 Å². The Morgan fingerprint density at radius 3 is 2.62 bits per heavy atom. The number of hydrogen-bond acceptors (Lipinski definition) is 1. The van der Waals surface area contributed by atoms with Gasteiger partial charge in [-0.2, -0.15) is 0 Å². The molecule has 0 fully saturated rings. The fraction of sp³-hybridized carbons (Fsp3) is 0.333. The fourth-order valence-corrected chi connectivity index (χ4v) is 1.43.